The molecule has 0 spiro atoms. The van der Waals surface area contributed by atoms with E-state index in [1.165, 1.54) is 11.8 Å². The van der Waals surface area contributed by atoms with Crippen molar-refractivity contribution in [1.82, 2.24) is 0 Å². The summed E-state index contributed by atoms with van der Waals surface area (Å²) in [5.74, 6) is -4.28. The first-order valence-electron chi connectivity index (χ1n) is 5.45. The number of rotatable bonds is 5. The fourth-order valence-electron chi connectivity index (χ4n) is 1.26. The Hall–Kier alpha value is -1.63. The molecule has 0 bridgehead atoms. The summed E-state index contributed by atoms with van der Waals surface area (Å²) in [5, 5.41) is 11.4. The van der Waals surface area contributed by atoms with Crippen LogP contribution in [0.15, 0.2) is 12.1 Å². The molecule has 4 nitrogen and oxygen atoms in total. The van der Waals surface area contributed by atoms with Gasteiger partial charge in [-0.05, 0) is 11.3 Å². The van der Waals surface area contributed by atoms with Gasteiger partial charge in [-0.2, -0.15) is 0 Å². The minimum atomic E-state index is -1.44. The number of nitrogens with one attached hydrogen (secondary N) is 1. The number of halogens is 2. The number of hydrogen-bond acceptors (Lipinski definition) is 3. The van der Waals surface area contributed by atoms with Crippen molar-refractivity contribution < 1.29 is 23.5 Å². The molecule has 0 aliphatic heterocycles. The van der Waals surface area contributed by atoms with Gasteiger partial charge in [-0.3, -0.25) is 4.79 Å². The summed E-state index contributed by atoms with van der Waals surface area (Å²) in [5.41, 5.74) is -0.734. The molecular weight excluding hydrogens is 276 g/mol. The van der Waals surface area contributed by atoms with E-state index in [1.54, 1.807) is 0 Å². The van der Waals surface area contributed by atoms with Gasteiger partial charge >= 0.3 is 5.97 Å². The molecule has 0 aliphatic carbocycles. The Balaban J connectivity index is 2.90. The van der Waals surface area contributed by atoms with Crippen molar-refractivity contribution >= 4 is 29.3 Å². The normalized spacial score (nSPS) is 10.6. The third kappa shape index (κ3) is 4.51. The number of aromatic carboxylic acids is 1. The van der Waals surface area contributed by atoms with E-state index in [0.717, 1.165) is 0 Å². The average molecular weight is 289 g/mol. The fraction of sp³-hybridized carbons (Fsp3) is 0.333. The average Bonchev–Trinajstić information content (AvgIpc) is 2.30. The van der Waals surface area contributed by atoms with Crippen molar-refractivity contribution in [2.45, 2.75) is 19.1 Å². The predicted octanol–water partition coefficient (Wildman–Crippen LogP) is 2.74. The molecule has 0 saturated carbocycles. The topological polar surface area (TPSA) is 66.4 Å². The maximum absolute atomic E-state index is 13.1. The van der Waals surface area contributed by atoms with Crippen molar-refractivity contribution in [3.63, 3.8) is 0 Å². The number of carbonyl (C=O) groups is 2. The van der Waals surface area contributed by atoms with Gasteiger partial charge in [-0.15, -0.1) is 11.8 Å². The Morgan fingerprint density at radius 3 is 2.42 bits per heavy atom. The van der Waals surface area contributed by atoms with Gasteiger partial charge in [0.25, 0.3) is 0 Å². The molecule has 1 rings (SSSR count). The summed E-state index contributed by atoms with van der Waals surface area (Å²) in [7, 11) is 0. The predicted molar refractivity (Wildman–Crippen MR) is 69.5 cm³/mol. The summed E-state index contributed by atoms with van der Waals surface area (Å²) in [6.07, 6.45) is 0. The van der Waals surface area contributed by atoms with Crippen LogP contribution in [0.3, 0.4) is 0 Å². The quantitative estimate of drug-likeness (QED) is 0.874. The molecule has 0 saturated heterocycles. The highest BCUT2D eigenvalue weighted by atomic mass is 32.2. The lowest BCUT2D eigenvalue weighted by molar-refractivity contribution is -0.113. The highest BCUT2D eigenvalue weighted by Crippen LogP contribution is 2.21. The van der Waals surface area contributed by atoms with Crippen LogP contribution in [-0.2, 0) is 4.79 Å². The number of anilines is 1. The number of carbonyl (C=O) groups excluding carboxylic acids is 1. The first-order chi connectivity index (χ1) is 8.81. The van der Waals surface area contributed by atoms with E-state index in [9.17, 15) is 18.4 Å². The van der Waals surface area contributed by atoms with Gasteiger partial charge in [0, 0.05) is 6.07 Å². The number of carboxylic acids is 1. The lowest BCUT2D eigenvalue weighted by Crippen LogP contribution is -2.18. The van der Waals surface area contributed by atoms with Crippen LogP contribution in [0.1, 0.15) is 24.2 Å². The molecule has 2 N–H and O–H groups in total. The zero-order valence-electron chi connectivity index (χ0n) is 10.4. The number of thioether (sulfide) groups is 1. The maximum atomic E-state index is 13.1. The lowest BCUT2D eigenvalue weighted by atomic mass is 10.1. The summed E-state index contributed by atoms with van der Waals surface area (Å²) in [6, 6.07) is 1.21. The number of amides is 1. The minimum absolute atomic E-state index is 0.107. The van der Waals surface area contributed by atoms with Crippen LogP contribution in [0.25, 0.3) is 0 Å². The minimum Gasteiger partial charge on any atom is -0.478 e. The van der Waals surface area contributed by atoms with Crippen molar-refractivity contribution in [1.29, 1.82) is 0 Å². The molecule has 1 amide bonds. The molecule has 0 aromatic heterocycles. The second-order valence-corrected chi connectivity index (χ2v) is 5.59. The van der Waals surface area contributed by atoms with Gasteiger partial charge in [0.1, 0.15) is 0 Å². The molecule has 0 unspecified atom stereocenters. The monoisotopic (exact) mass is 289 g/mol. The largest absolute Gasteiger partial charge is 0.478 e. The summed E-state index contributed by atoms with van der Waals surface area (Å²) >= 11 is 1.35. The SMILES string of the molecule is CC(C)SCC(=O)Nc1cc(F)c(F)cc1C(=O)O. The van der Waals surface area contributed by atoms with E-state index in [2.05, 4.69) is 5.32 Å². The third-order valence-electron chi connectivity index (χ3n) is 2.11. The van der Waals surface area contributed by atoms with Gasteiger partial charge in [-0.25, -0.2) is 13.6 Å². The second kappa shape index (κ2) is 6.51. The Labute approximate surface area is 113 Å². The Kier molecular flexibility index (Phi) is 5.29. The molecule has 0 aliphatic rings. The van der Waals surface area contributed by atoms with E-state index in [-0.39, 0.29) is 16.7 Å². The second-order valence-electron chi connectivity index (χ2n) is 4.02. The van der Waals surface area contributed by atoms with Gasteiger partial charge < -0.3 is 10.4 Å². The van der Waals surface area contributed by atoms with Crippen LogP contribution in [0.2, 0.25) is 0 Å². The smallest absolute Gasteiger partial charge is 0.337 e. The maximum Gasteiger partial charge on any atom is 0.337 e. The first kappa shape index (κ1) is 15.4. The summed E-state index contributed by atoms with van der Waals surface area (Å²) in [6.45, 7) is 3.80. The van der Waals surface area contributed by atoms with Crippen molar-refractivity contribution in [3.05, 3.63) is 29.3 Å². The Morgan fingerprint density at radius 1 is 1.32 bits per heavy atom. The number of hydrogen-bond donors (Lipinski definition) is 2. The van der Waals surface area contributed by atoms with Crippen LogP contribution in [0.4, 0.5) is 14.5 Å². The highest BCUT2D eigenvalue weighted by molar-refractivity contribution is 8.00. The molecule has 0 radical (unpaired) electrons. The van der Waals surface area contributed by atoms with E-state index < -0.39 is 29.1 Å². The van der Waals surface area contributed by atoms with E-state index >= 15 is 0 Å². The standard InChI is InChI=1S/C12H13F2NO3S/c1-6(2)19-5-11(16)15-10-4-9(14)8(13)3-7(10)12(17)18/h3-4,6H,5H2,1-2H3,(H,15,16)(H,17,18). The third-order valence-corrected chi connectivity index (χ3v) is 3.21. The van der Waals surface area contributed by atoms with E-state index in [0.29, 0.717) is 12.1 Å². The van der Waals surface area contributed by atoms with Gasteiger partial charge in [0.2, 0.25) is 5.91 Å². The Morgan fingerprint density at radius 2 is 1.89 bits per heavy atom. The molecular formula is C12H13F2NO3S. The molecule has 0 heterocycles. The zero-order valence-corrected chi connectivity index (χ0v) is 11.2. The van der Waals surface area contributed by atoms with Crippen LogP contribution in [-0.4, -0.2) is 28.0 Å². The molecule has 0 atom stereocenters. The molecule has 0 fully saturated rings. The van der Waals surface area contributed by atoms with E-state index in [1.807, 2.05) is 13.8 Å². The van der Waals surface area contributed by atoms with Crippen LogP contribution in [0, 0.1) is 11.6 Å². The molecule has 1 aromatic rings. The number of carboxylic acid groups (broad SMARTS) is 1. The molecule has 104 valence electrons. The van der Waals surface area contributed by atoms with Gasteiger partial charge in [0.15, 0.2) is 11.6 Å². The van der Waals surface area contributed by atoms with Crippen molar-refractivity contribution in [2.75, 3.05) is 11.1 Å². The van der Waals surface area contributed by atoms with Crippen LogP contribution in [0.5, 0.6) is 0 Å². The van der Waals surface area contributed by atoms with Crippen LogP contribution < -0.4 is 5.32 Å². The van der Waals surface area contributed by atoms with Crippen molar-refractivity contribution in [3.8, 4) is 0 Å². The van der Waals surface area contributed by atoms with Gasteiger partial charge in [-0.1, -0.05) is 13.8 Å². The first-order valence-corrected chi connectivity index (χ1v) is 6.50. The number of benzene rings is 1. The van der Waals surface area contributed by atoms with Crippen LogP contribution >= 0.6 is 11.8 Å². The molecule has 1 aromatic carbocycles. The molecule has 7 heteroatoms. The molecule has 19 heavy (non-hydrogen) atoms. The zero-order chi connectivity index (χ0) is 14.6. The Bertz CT molecular complexity index is 506. The van der Waals surface area contributed by atoms with E-state index in [4.69, 9.17) is 5.11 Å². The lowest BCUT2D eigenvalue weighted by Gasteiger charge is -2.10. The van der Waals surface area contributed by atoms with Gasteiger partial charge in [0.05, 0.1) is 17.0 Å². The fourth-order valence-corrected chi connectivity index (χ4v) is 1.81. The summed E-state index contributed by atoms with van der Waals surface area (Å²) < 4.78 is 26.0. The summed E-state index contributed by atoms with van der Waals surface area (Å²) in [4.78, 5) is 22.4. The van der Waals surface area contributed by atoms with Crippen molar-refractivity contribution in [2.24, 2.45) is 0 Å². The highest BCUT2D eigenvalue weighted by Gasteiger charge is 2.17.